The van der Waals surface area contributed by atoms with Crippen molar-refractivity contribution in [3.8, 4) is 0 Å². The van der Waals surface area contributed by atoms with E-state index in [2.05, 4.69) is 75.2 Å². The van der Waals surface area contributed by atoms with Gasteiger partial charge in [0.05, 0.1) is 12.2 Å². The zero-order valence-corrected chi connectivity index (χ0v) is 25.4. The van der Waals surface area contributed by atoms with Gasteiger partial charge in [0.2, 0.25) is 0 Å². The normalized spacial score (nSPS) is 7.32. The topological polar surface area (TPSA) is 39.7 Å². The number of thioether (sulfide) groups is 1. The molecule has 1 atom stereocenters. The molecule has 0 aliphatic carbocycles. The van der Waals surface area contributed by atoms with Crippen molar-refractivity contribution in [1.82, 2.24) is 5.32 Å². The number of methoxy groups -OCH3 is 3. The lowest BCUT2D eigenvalue weighted by molar-refractivity contribution is 0.111. The molecule has 0 aliphatic heterocycles. The Balaban J connectivity index is -0.0000000156. The molecule has 44 heavy (non-hydrogen) atoms. The van der Waals surface area contributed by atoms with E-state index < -0.39 is 0 Å². The van der Waals surface area contributed by atoms with Gasteiger partial charge in [0.1, 0.15) is 0 Å². The van der Waals surface area contributed by atoms with Crippen LogP contribution in [0.15, 0.2) is 30.3 Å². The molecule has 0 heterocycles. The lowest BCUT2D eigenvalue weighted by Crippen LogP contribution is -2.05. The molecule has 1 N–H and O–H groups in total. The van der Waals surface area contributed by atoms with E-state index in [-0.39, 0.29) is 81.7 Å². The molecule has 290 valence electrons. The van der Waals surface area contributed by atoms with Gasteiger partial charge in [-0.1, -0.05) is 153 Å². The highest BCUT2D eigenvalue weighted by molar-refractivity contribution is 7.98. The molecule has 0 aliphatic rings. The van der Waals surface area contributed by atoms with Crippen LogP contribution in [-0.2, 0) is 20.6 Å². The first-order valence-electron chi connectivity index (χ1n) is 12.5. The second-order valence-electron chi connectivity index (χ2n) is 7.22. The van der Waals surface area contributed by atoms with E-state index >= 15 is 0 Å². The van der Waals surface area contributed by atoms with Gasteiger partial charge in [-0.2, -0.15) is 11.8 Å². The van der Waals surface area contributed by atoms with Crippen LogP contribution in [0.2, 0.25) is 0 Å². The molecule has 0 saturated heterocycles. The number of unbranched alkanes of at least 4 members (excludes halogenated alkanes) is 1. The van der Waals surface area contributed by atoms with E-state index in [4.69, 9.17) is 9.47 Å². The minimum atomic E-state index is 0. The molecule has 5 heteroatoms. The first-order chi connectivity index (χ1) is 15.8. The van der Waals surface area contributed by atoms with Gasteiger partial charge in [0.15, 0.2) is 0 Å². The van der Waals surface area contributed by atoms with Crippen molar-refractivity contribution in [3.05, 3.63) is 35.9 Å². The minimum Gasteiger partial charge on any atom is -0.385 e. The molecule has 1 aromatic rings. The first kappa shape index (κ1) is 104. The van der Waals surface area contributed by atoms with Crippen LogP contribution in [0.4, 0.5) is 0 Å². The van der Waals surface area contributed by atoms with Gasteiger partial charge >= 0.3 is 0 Å². The second-order valence-corrected chi connectivity index (χ2v) is 8.37. The highest BCUT2D eigenvalue weighted by Gasteiger charge is 1.98. The summed E-state index contributed by atoms with van der Waals surface area (Å²) in [4.78, 5) is 0. The maximum Gasteiger partial charge on any atom is 0.0546 e. The van der Waals surface area contributed by atoms with Crippen LogP contribution in [-0.4, -0.2) is 65.7 Å². The molecule has 0 amide bonds. The molecule has 4 nitrogen and oxygen atoms in total. The summed E-state index contributed by atoms with van der Waals surface area (Å²) in [5.41, 5.74) is 1.39. The van der Waals surface area contributed by atoms with Crippen LogP contribution in [0.5, 0.6) is 0 Å². The third-order valence-electron chi connectivity index (χ3n) is 3.99. The van der Waals surface area contributed by atoms with Crippen LogP contribution in [0.25, 0.3) is 0 Å². The number of hydrogen-bond donors (Lipinski definition) is 1. The van der Waals surface area contributed by atoms with Crippen molar-refractivity contribution in [1.29, 1.82) is 0 Å². The summed E-state index contributed by atoms with van der Waals surface area (Å²) in [7, 11) is 7.07. The minimum absolute atomic E-state index is 0. The molecule has 1 aromatic carbocycles. The molecule has 0 spiro atoms. The van der Waals surface area contributed by atoms with Crippen molar-refractivity contribution in [2.24, 2.45) is 0 Å². The molecule has 0 saturated carbocycles. The van der Waals surface area contributed by atoms with Gasteiger partial charge in [-0.3, -0.25) is 0 Å². The van der Waals surface area contributed by atoms with Crippen molar-refractivity contribution >= 4 is 11.8 Å². The molecular formula is C39H105NO3S. The quantitative estimate of drug-likeness (QED) is 0.284. The SMILES string of the molecule is C.C.C.C.C.C.C.C.C.C.C.CCCC.CCNC.CCOC.CCSC.COC(C)C.COC(C)CCc1ccccc1. The maximum absolute atomic E-state index is 5.17. The van der Waals surface area contributed by atoms with Crippen molar-refractivity contribution in [3.63, 3.8) is 0 Å². The van der Waals surface area contributed by atoms with E-state index in [9.17, 15) is 0 Å². The van der Waals surface area contributed by atoms with Gasteiger partial charge in [-0.05, 0) is 71.7 Å². The zero-order chi connectivity index (χ0) is 26.8. The lowest BCUT2D eigenvalue weighted by Gasteiger charge is -2.08. The van der Waals surface area contributed by atoms with Gasteiger partial charge in [-0.15, -0.1) is 0 Å². The number of rotatable bonds is 9. The van der Waals surface area contributed by atoms with Crippen molar-refractivity contribution in [2.45, 2.75) is 175 Å². The van der Waals surface area contributed by atoms with Crippen molar-refractivity contribution in [2.75, 3.05) is 53.5 Å². The van der Waals surface area contributed by atoms with Gasteiger partial charge < -0.3 is 19.5 Å². The standard InChI is InChI=1S/C11H16O.C4H10O.C4H10.C3H9N.C3H8O.C3H8S.11CH4/c1-10(12-2)8-9-11-6-4-3-5-7-11;1-4(2)5-3;4*1-3-4-2;;;;;;;;;;;/h3-7,10H,8-9H2,1-2H3;4H,1-3H3;3-4H2,1-2H3;4H,3H2,1-2H3;2*3H2,1-2H3;11*1H4. The highest BCUT2D eigenvalue weighted by atomic mass is 32.2. The Kier molecular flexibility index (Phi) is 266. The van der Waals surface area contributed by atoms with Gasteiger partial charge in [0.25, 0.3) is 0 Å². The van der Waals surface area contributed by atoms with E-state index in [1.807, 2.05) is 45.6 Å². The number of benzene rings is 1. The van der Waals surface area contributed by atoms with E-state index in [1.54, 1.807) is 21.3 Å². The molecule has 1 unspecified atom stereocenters. The molecule has 0 fully saturated rings. The molecule has 0 aromatic heterocycles. The van der Waals surface area contributed by atoms with E-state index in [0.717, 1.165) is 26.0 Å². The van der Waals surface area contributed by atoms with E-state index in [0.29, 0.717) is 12.2 Å². The Morgan fingerprint density at radius 3 is 1.11 bits per heavy atom. The number of nitrogens with one attached hydrogen (secondary N) is 1. The summed E-state index contributed by atoms with van der Waals surface area (Å²) in [5, 5.41) is 2.93. The lowest BCUT2D eigenvalue weighted by atomic mass is 10.1. The van der Waals surface area contributed by atoms with Crippen LogP contribution >= 0.6 is 11.8 Å². The zero-order valence-electron chi connectivity index (χ0n) is 24.6. The van der Waals surface area contributed by atoms with Gasteiger partial charge in [-0.25, -0.2) is 0 Å². The predicted molar refractivity (Wildman–Crippen MR) is 229 cm³/mol. The summed E-state index contributed by atoms with van der Waals surface area (Å²) < 4.78 is 14.5. The van der Waals surface area contributed by atoms with Crippen LogP contribution < -0.4 is 5.32 Å². The summed E-state index contributed by atoms with van der Waals surface area (Å²) in [6, 6.07) is 10.5. The number of ether oxygens (including phenoxy) is 3. The average Bonchev–Trinajstić information content (AvgIpc) is 2.88. The Hall–Kier alpha value is -0.590. The van der Waals surface area contributed by atoms with Crippen LogP contribution in [0.1, 0.15) is 162 Å². The summed E-state index contributed by atoms with van der Waals surface area (Å²) in [5.74, 6) is 1.24. The number of aryl methyl sites for hydroxylation is 1. The van der Waals surface area contributed by atoms with Gasteiger partial charge in [0, 0.05) is 27.9 Å². The fourth-order valence-electron chi connectivity index (χ4n) is 1.13. The summed E-state index contributed by atoms with van der Waals surface area (Å²) >= 11 is 1.86. The highest BCUT2D eigenvalue weighted by Crippen LogP contribution is 2.05. The fourth-order valence-corrected chi connectivity index (χ4v) is 1.13. The smallest absolute Gasteiger partial charge is 0.0546 e. The van der Waals surface area contributed by atoms with Crippen molar-refractivity contribution < 1.29 is 14.2 Å². The third kappa shape index (κ3) is 162. The Labute approximate surface area is 295 Å². The predicted octanol–water partition coefficient (Wildman–Crippen LogP) is 14.7. The average molecular weight is 668 g/mol. The fraction of sp³-hybridized carbons (Fsp3) is 0.846. The Bertz CT molecular complexity index is 357. The molecule has 1 rings (SSSR count). The Morgan fingerprint density at radius 1 is 0.659 bits per heavy atom. The van der Waals surface area contributed by atoms with Crippen LogP contribution in [0.3, 0.4) is 0 Å². The Morgan fingerprint density at radius 2 is 0.955 bits per heavy atom. The van der Waals surface area contributed by atoms with Crippen LogP contribution in [0, 0.1) is 0 Å². The van der Waals surface area contributed by atoms with E-state index in [1.165, 1.54) is 24.2 Å². The summed E-state index contributed by atoms with van der Waals surface area (Å²) in [6.45, 7) is 18.5. The molecule has 0 radical (unpaired) electrons. The molecular weight excluding hydrogens is 563 g/mol. The largest absolute Gasteiger partial charge is 0.385 e. The first-order valence-corrected chi connectivity index (χ1v) is 13.9. The maximum atomic E-state index is 5.17. The second kappa shape index (κ2) is 113. The summed E-state index contributed by atoms with van der Waals surface area (Å²) in [6.07, 6.45) is 7.69. The monoisotopic (exact) mass is 668 g/mol. The third-order valence-corrected chi connectivity index (χ3v) is 4.56. The number of hydrogen-bond acceptors (Lipinski definition) is 5. The molecule has 0 bridgehead atoms.